The molecule has 1 N–H and O–H groups in total. The van der Waals surface area contributed by atoms with Crippen LogP contribution in [0.5, 0.6) is 11.5 Å². The third-order valence-electron chi connectivity index (χ3n) is 5.30. The maximum atomic E-state index is 10.6. The number of nitrogens with zero attached hydrogens (tertiary/aromatic N) is 1. The van der Waals surface area contributed by atoms with Crippen LogP contribution in [-0.4, -0.2) is 30.7 Å². The SMILES string of the molecule is COc1ccc2c(c1O)-c1ccc(C)c3c1[C@@H](C2)N(C)CC3. The van der Waals surface area contributed by atoms with Crippen molar-refractivity contribution in [3.05, 3.63) is 46.5 Å². The molecule has 0 fully saturated rings. The molecular weight excluding hydrogens is 274 g/mol. The highest BCUT2D eigenvalue weighted by Crippen LogP contribution is 2.50. The van der Waals surface area contributed by atoms with E-state index in [-0.39, 0.29) is 5.75 Å². The monoisotopic (exact) mass is 295 g/mol. The van der Waals surface area contributed by atoms with Gasteiger partial charge in [0.15, 0.2) is 11.5 Å². The van der Waals surface area contributed by atoms with Gasteiger partial charge in [-0.05, 0) is 60.7 Å². The van der Waals surface area contributed by atoms with E-state index in [1.807, 2.05) is 6.07 Å². The van der Waals surface area contributed by atoms with Crippen LogP contribution >= 0.6 is 0 Å². The number of phenols is 1. The molecule has 0 aromatic heterocycles. The number of rotatable bonds is 1. The van der Waals surface area contributed by atoms with E-state index in [4.69, 9.17) is 4.74 Å². The molecule has 1 atom stereocenters. The lowest BCUT2D eigenvalue weighted by Gasteiger charge is -2.40. The van der Waals surface area contributed by atoms with Crippen LogP contribution in [0.15, 0.2) is 24.3 Å². The van der Waals surface area contributed by atoms with Crippen LogP contribution in [0.3, 0.4) is 0 Å². The summed E-state index contributed by atoms with van der Waals surface area (Å²) in [5.74, 6) is 0.827. The Hall–Kier alpha value is -2.00. The lowest BCUT2D eigenvalue weighted by atomic mass is 9.75. The molecule has 1 aliphatic heterocycles. The number of hydrogen-bond acceptors (Lipinski definition) is 3. The molecule has 2 aromatic rings. The molecule has 0 unspecified atom stereocenters. The van der Waals surface area contributed by atoms with Crippen molar-refractivity contribution in [2.45, 2.75) is 25.8 Å². The summed E-state index contributed by atoms with van der Waals surface area (Å²) in [6, 6.07) is 8.73. The number of methoxy groups -OCH3 is 1. The van der Waals surface area contributed by atoms with Gasteiger partial charge >= 0.3 is 0 Å². The van der Waals surface area contributed by atoms with E-state index in [0.29, 0.717) is 11.8 Å². The Morgan fingerprint density at radius 3 is 2.82 bits per heavy atom. The quantitative estimate of drug-likeness (QED) is 0.874. The van der Waals surface area contributed by atoms with Gasteiger partial charge in [0.1, 0.15) is 0 Å². The smallest absolute Gasteiger partial charge is 0.165 e. The zero-order valence-electron chi connectivity index (χ0n) is 13.3. The first kappa shape index (κ1) is 13.6. The molecule has 2 aliphatic rings. The van der Waals surface area contributed by atoms with Gasteiger partial charge in [-0.3, -0.25) is 4.90 Å². The summed E-state index contributed by atoms with van der Waals surface area (Å²) >= 11 is 0. The van der Waals surface area contributed by atoms with Gasteiger partial charge in [-0.15, -0.1) is 0 Å². The van der Waals surface area contributed by atoms with E-state index >= 15 is 0 Å². The van der Waals surface area contributed by atoms with Gasteiger partial charge in [0.2, 0.25) is 0 Å². The summed E-state index contributed by atoms with van der Waals surface area (Å²) in [5, 5.41) is 10.6. The molecule has 0 bridgehead atoms. The van der Waals surface area contributed by atoms with Crippen molar-refractivity contribution in [1.82, 2.24) is 4.90 Å². The molecule has 22 heavy (non-hydrogen) atoms. The highest BCUT2D eigenvalue weighted by atomic mass is 16.5. The summed E-state index contributed by atoms with van der Waals surface area (Å²) in [5.41, 5.74) is 7.58. The molecule has 0 amide bonds. The molecule has 4 rings (SSSR count). The van der Waals surface area contributed by atoms with Gasteiger partial charge < -0.3 is 9.84 Å². The fourth-order valence-electron chi connectivity index (χ4n) is 4.08. The zero-order valence-corrected chi connectivity index (χ0v) is 13.3. The lowest BCUT2D eigenvalue weighted by Crippen LogP contribution is -2.36. The molecular formula is C19H21NO2. The summed E-state index contributed by atoms with van der Waals surface area (Å²) in [7, 11) is 3.81. The largest absolute Gasteiger partial charge is 0.504 e. The first-order chi connectivity index (χ1) is 10.6. The number of aryl methyl sites for hydroxylation is 1. The maximum absolute atomic E-state index is 10.6. The van der Waals surface area contributed by atoms with Crippen LogP contribution in [0.4, 0.5) is 0 Å². The third kappa shape index (κ3) is 1.72. The van der Waals surface area contributed by atoms with Gasteiger partial charge in [-0.1, -0.05) is 18.2 Å². The Morgan fingerprint density at radius 2 is 2.05 bits per heavy atom. The molecule has 2 aromatic carbocycles. The Bertz CT molecular complexity index is 767. The highest BCUT2D eigenvalue weighted by Gasteiger charge is 2.34. The highest BCUT2D eigenvalue weighted by molar-refractivity contribution is 5.82. The molecule has 0 spiro atoms. The van der Waals surface area contributed by atoms with E-state index < -0.39 is 0 Å². The van der Waals surface area contributed by atoms with E-state index in [0.717, 1.165) is 24.9 Å². The van der Waals surface area contributed by atoms with Crippen molar-refractivity contribution in [3.63, 3.8) is 0 Å². The molecule has 0 saturated carbocycles. The lowest BCUT2D eigenvalue weighted by molar-refractivity contribution is 0.227. The van der Waals surface area contributed by atoms with Crippen molar-refractivity contribution in [3.8, 4) is 22.6 Å². The fourth-order valence-corrected chi connectivity index (χ4v) is 4.08. The van der Waals surface area contributed by atoms with Gasteiger partial charge in [0, 0.05) is 18.2 Å². The topological polar surface area (TPSA) is 32.7 Å². The summed E-state index contributed by atoms with van der Waals surface area (Å²) in [6.07, 6.45) is 2.04. The normalized spacial score (nSPS) is 19.5. The van der Waals surface area contributed by atoms with Crippen LogP contribution in [0.25, 0.3) is 11.1 Å². The van der Waals surface area contributed by atoms with E-state index in [1.54, 1.807) is 7.11 Å². The average molecular weight is 295 g/mol. The Labute approximate surface area is 131 Å². The van der Waals surface area contributed by atoms with E-state index in [2.05, 4.69) is 37.1 Å². The van der Waals surface area contributed by atoms with E-state index in [1.165, 1.54) is 27.8 Å². The van der Waals surface area contributed by atoms with Gasteiger partial charge in [-0.25, -0.2) is 0 Å². The second-order valence-electron chi connectivity index (χ2n) is 6.42. The van der Waals surface area contributed by atoms with Crippen LogP contribution in [0, 0.1) is 6.92 Å². The summed E-state index contributed by atoms with van der Waals surface area (Å²) < 4.78 is 5.31. The second-order valence-corrected chi connectivity index (χ2v) is 6.42. The predicted molar refractivity (Wildman–Crippen MR) is 87.6 cm³/mol. The minimum Gasteiger partial charge on any atom is -0.504 e. The number of aromatic hydroxyl groups is 1. The molecule has 0 radical (unpaired) electrons. The summed E-state index contributed by atoms with van der Waals surface area (Å²) in [4.78, 5) is 2.44. The van der Waals surface area contributed by atoms with E-state index in [9.17, 15) is 5.11 Å². The molecule has 3 nitrogen and oxygen atoms in total. The van der Waals surface area contributed by atoms with Gasteiger partial charge in [-0.2, -0.15) is 0 Å². The van der Waals surface area contributed by atoms with Crippen molar-refractivity contribution >= 4 is 0 Å². The fraction of sp³-hybridized carbons (Fsp3) is 0.368. The molecule has 1 heterocycles. The minimum atomic E-state index is 0.276. The summed E-state index contributed by atoms with van der Waals surface area (Å²) in [6.45, 7) is 3.29. The Kier molecular flexibility index (Phi) is 2.95. The standard InChI is InChI=1S/C19H21NO2/c1-11-4-6-14-17-12(5-7-16(22-3)19(17)21)10-15-18(14)13(11)8-9-20(15)2/h4-7,15,21H,8-10H2,1-3H3/t15-/m1/s1. The van der Waals surface area contributed by atoms with Crippen LogP contribution < -0.4 is 4.74 Å². The molecule has 114 valence electrons. The predicted octanol–water partition coefficient (Wildman–Crippen LogP) is 3.46. The number of fused-ring (bicyclic) bond motifs is 2. The number of hydrogen-bond donors (Lipinski definition) is 1. The third-order valence-corrected chi connectivity index (χ3v) is 5.30. The average Bonchev–Trinajstić information content (AvgIpc) is 2.52. The van der Waals surface area contributed by atoms with Crippen molar-refractivity contribution in [2.24, 2.45) is 0 Å². The Morgan fingerprint density at radius 1 is 1.23 bits per heavy atom. The second kappa shape index (κ2) is 4.75. The number of benzene rings is 2. The number of ether oxygens (including phenoxy) is 1. The van der Waals surface area contributed by atoms with Crippen LogP contribution in [0.2, 0.25) is 0 Å². The van der Waals surface area contributed by atoms with Gasteiger partial charge in [0.05, 0.1) is 7.11 Å². The van der Waals surface area contributed by atoms with Crippen LogP contribution in [-0.2, 0) is 12.8 Å². The van der Waals surface area contributed by atoms with Crippen molar-refractivity contribution in [1.29, 1.82) is 0 Å². The molecule has 3 heteroatoms. The minimum absolute atomic E-state index is 0.276. The Balaban J connectivity index is 2.04. The van der Waals surface area contributed by atoms with Crippen LogP contribution in [0.1, 0.15) is 28.3 Å². The zero-order chi connectivity index (χ0) is 15.4. The first-order valence-corrected chi connectivity index (χ1v) is 7.83. The molecule has 1 aliphatic carbocycles. The maximum Gasteiger partial charge on any atom is 0.165 e. The molecule has 0 saturated heterocycles. The van der Waals surface area contributed by atoms with Crippen molar-refractivity contribution < 1.29 is 9.84 Å². The van der Waals surface area contributed by atoms with Gasteiger partial charge in [0.25, 0.3) is 0 Å². The first-order valence-electron chi connectivity index (χ1n) is 7.83. The number of phenolic OH excluding ortho intramolecular Hbond substituents is 1. The van der Waals surface area contributed by atoms with Crippen molar-refractivity contribution in [2.75, 3.05) is 20.7 Å². The number of likely N-dealkylation sites (N-methyl/N-ethyl adjacent to an activating group) is 1.